The standard InChI is InChI=1S/C16H24N2O3/c1-11-8-14(9-12(2)15(11)19)10-17-13(3)16(20)18-4-6-21-7-5-18/h8-9,13,17,19H,4-7,10H2,1-3H3. The minimum absolute atomic E-state index is 0.116. The Morgan fingerprint density at radius 3 is 2.48 bits per heavy atom. The fourth-order valence-corrected chi connectivity index (χ4v) is 2.56. The molecule has 0 aliphatic carbocycles. The molecule has 0 saturated carbocycles. The Balaban J connectivity index is 1.91. The molecule has 2 N–H and O–H groups in total. The van der Waals surface area contributed by atoms with Crippen molar-refractivity contribution in [2.24, 2.45) is 0 Å². The molecular formula is C16H24N2O3. The molecular weight excluding hydrogens is 268 g/mol. The van der Waals surface area contributed by atoms with Crippen LogP contribution in [0.2, 0.25) is 0 Å². The zero-order valence-electron chi connectivity index (χ0n) is 13.0. The fourth-order valence-electron chi connectivity index (χ4n) is 2.56. The van der Waals surface area contributed by atoms with Crippen molar-refractivity contribution < 1.29 is 14.6 Å². The molecule has 1 fully saturated rings. The summed E-state index contributed by atoms with van der Waals surface area (Å²) in [5, 5.41) is 13.0. The number of phenols is 1. The first-order valence-electron chi connectivity index (χ1n) is 7.38. The quantitative estimate of drug-likeness (QED) is 0.879. The molecule has 1 amide bonds. The van der Waals surface area contributed by atoms with E-state index in [1.54, 1.807) is 0 Å². The van der Waals surface area contributed by atoms with Gasteiger partial charge in [0, 0.05) is 19.6 Å². The molecule has 5 heteroatoms. The summed E-state index contributed by atoms with van der Waals surface area (Å²) in [6, 6.07) is 3.67. The van der Waals surface area contributed by atoms with Gasteiger partial charge in [0.15, 0.2) is 0 Å². The van der Waals surface area contributed by atoms with Crippen LogP contribution in [0.5, 0.6) is 5.75 Å². The van der Waals surface area contributed by atoms with Crippen LogP contribution >= 0.6 is 0 Å². The van der Waals surface area contributed by atoms with Crippen LogP contribution in [0.15, 0.2) is 12.1 Å². The van der Waals surface area contributed by atoms with Gasteiger partial charge in [-0.2, -0.15) is 0 Å². The van der Waals surface area contributed by atoms with Crippen molar-refractivity contribution in [2.45, 2.75) is 33.4 Å². The van der Waals surface area contributed by atoms with Crippen molar-refractivity contribution in [3.63, 3.8) is 0 Å². The maximum absolute atomic E-state index is 12.3. The number of nitrogens with zero attached hydrogens (tertiary/aromatic N) is 1. The lowest BCUT2D eigenvalue weighted by atomic mass is 10.1. The molecule has 1 atom stereocenters. The van der Waals surface area contributed by atoms with E-state index < -0.39 is 0 Å². The van der Waals surface area contributed by atoms with Crippen molar-refractivity contribution in [3.8, 4) is 5.75 Å². The summed E-state index contributed by atoms with van der Waals surface area (Å²) in [4.78, 5) is 14.1. The van der Waals surface area contributed by atoms with E-state index in [4.69, 9.17) is 4.74 Å². The number of aryl methyl sites for hydroxylation is 2. The van der Waals surface area contributed by atoms with E-state index in [2.05, 4.69) is 5.32 Å². The summed E-state index contributed by atoms with van der Waals surface area (Å²) < 4.78 is 5.26. The number of rotatable bonds is 4. The lowest BCUT2D eigenvalue weighted by Crippen LogP contribution is -2.49. The van der Waals surface area contributed by atoms with Gasteiger partial charge in [0.1, 0.15) is 5.75 Å². The van der Waals surface area contributed by atoms with Crippen LogP contribution in [0.25, 0.3) is 0 Å². The van der Waals surface area contributed by atoms with Crippen molar-refractivity contribution in [2.75, 3.05) is 26.3 Å². The largest absolute Gasteiger partial charge is 0.507 e. The molecule has 0 bridgehead atoms. The molecule has 1 unspecified atom stereocenters. The number of amides is 1. The lowest BCUT2D eigenvalue weighted by Gasteiger charge is -2.29. The molecule has 5 nitrogen and oxygen atoms in total. The molecule has 0 spiro atoms. The summed E-state index contributed by atoms with van der Waals surface area (Å²) in [5.74, 6) is 0.460. The fraction of sp³-hybridized carbons (Fsp3) is 0.562. The van der Waals surface area contributed by atoms with E-state index in [0.717, 1.165) is 16.7 Å². The Bertz CT molecular complexity index is 487. The smallest absolute Gasteiger partial charge is 0.239 e. The van der Waals surface area contributed by atoms with Crippen LogP contribution < -0.4 is 5.32 Å². The lowest BCUT2D eigenvalue weighted by molar-refractivity contribution is -0.137. The third-order valence-electron chi connectivity index (χ3n) is 3.86. The molecule has 0 aromatic heterocycles. The molecule has 1 aromatic rings. The predicted molar refractivity (Wildman–Crippen MR) is 81.3 cm³/mol. The SMILES string of the molecule is Cc1cc(CNC(C)C(=O)N2CCOCC2)cc(C)c1O. The topological polar surface area (TPSA) is 61.8 Å². The van der Waals surface area contributed by atoms with Gasteiger partial charge < -0.3 is 20.1 Å². The van der Waals surface area contributed by atoms with E-state index in [0.29, 0.717) is 38.6 Å². The maximum Gasteiger partial charge on any atom is 0.239 e. The molecule has 1 aliphatic heterocycles. The first kappa shape index (κ1) is 15.8. The van der Waals surface area contributed by atoms with Gasteiger partial charge in [0.2, 0.25) is 5.91 Å². The van der Waals surface area contributed by atoms with Crippen molar-refractivity contribution >= 4 is 5.91 Å². The number of carbonyl (C=O) groups is 1. The summed E-state index contributed by atoms with van der Waals surface area (Å²) in [7, 11) is 0. The number of carbonyl (C=O) groups excluding carboxylic acids is 1. The number of nitrogens with one attached hydrogen (secondary N) is 1. The highest BCUT2D eigenvalue weighted by atomic mass is 16.5. The van der Waals surface area contributed by atoms with Crippen LogP contribution in [0.4, 0.5) is 0 Å². The highest BCUT2D eigenvalue weighted by molar-refractivity contribution is 5.81. The summed E-state index contributed by atoms with van der Waals surface area (Å²) in [5.41, 5.74) is 2.79. The molecule has 1 saturated heterocycles. The number of hydrogen-bond donors (Lipinski definition) is 2. The minimum Gasteiger partial charge on any atom is -0.507 e. The zero-order valence-corrected chi connectivity index (χ0v) is 13.0. The van der Waals surface area contributed by atoms with Crippen LogP contribution in [0.3, 0.4) is 0 Å². The van der Waals surface area contributed by atoms with E-state index in [9.17, 15) is 9.90 Å². The minimum atomic E-state index is -0.225. The average Bonchev–Trinajstić information content (AvgIpc) is 2.50. The Labute approximate surface area is 125 Å². The van der Waals surface area contributed by atoms with Gasteiger partial charge in [-0.05, 0) is 37.5 Å². The molecule has 21 heavy (non-hydrogen) atoms. The molecule has 1 heterocycles. The first-order chi connectivity index (χ1) is 9.99. The van der Waals surface area contributed by atoms with Gasteiger partial charge in [-0.25, -0.2) is 0 Å². The maximum atomic E-state index is 12.3. The Morgan fingerprint density at radius 2 is 1.90 bits per heavy atom. The van der Waals surface area contributed by atoms with Gasteiger partial charge in [0.05, 0.1) is 19.3 Å². The van der Waals surface area contributed by atoms with Gasteiger partial charge in [-0.3, -0.25) is 4.79 Å². The number of phenolic OH excluding ortho intramolecular Hbond substituents is 1. The second kappa shape index (κ2) is 6.91. The number of morpholine rings is 1. The summed E-state index contributed by atoms with van der Waals surface area (Å²) >= 11 is 0. The van der Waals surface area contributed by atoms with Crippen LogP contribution in [-0.4, -0.2) is 48.3 Å². The Kier molecular flexibility index (Phi) is 5.20. The van der Waals surface area contributed by atoms with Crippen molar-refractivity contribution in [1.29, 1.82) is 0 Å². The highest BCUT2D eigenvalue weighted by Gasteiger charge is 2.21. The van der Waals surface area contributed by atoms with E-state index >= 15 is 0 Å². The predicted octanol–water partition coefficient (Wildman–Crippen LogP) is 1.35. The molecule has 0 radical (unpaired) electrons. The number of benzene rings is 1. The van der Waals surface area contributed by atoms with Gasteiger partial charge in [-0.1, -0.05) is 12.1 Å². The van der Waals surface area contributed by atoms with Crippen LogP contribution in [0, 0.1) is 13.8 Å². The molecule has 116 valence electrons. The normalized spacial score (nSPS) is 16.8. The first-order valence-corrected chi connectivity index (χ1v) is 7.38. The third kappa shape index (κ3) is 3.95. The Morgan fingerprint density at radius 1 is 1.33 bits per heavy atom. The summed E-state index contributed by atoms with van der Waals surface area (Å²) in [6.45, 7) is 8.84. The third-order valence-corrected chi connectivity index (χ3v) is 3.86. The van der Waals surface area contributed by atoms with Crippen LogP contribution in [0.1, 0.15) is 23.6 Å². The average molecular weight is 292 g/mol. The summed E-state index contributed by atoms with van der Waals surface area (Å²) in [6.07, 6.45) is 0. The van der Waals surface area contributed by atoms with E-state index in [1.165, 1.54) is 0 Å². The molecule has 1 aromatic carbocycles. The Hall–Kier alpha value is -1.59. The van der Waals surface area contributed by atoms with Gasteiger partial charge >= 0.3 is 0 Å². The van der Waals surface area contributed by atoms with E-state index in [-0.39, 0.29) is 11.9 Å². The van der Waals surface area contributed by atoms with Crippen LogP contribution in [-0.2, 0) is 16.1 Å². The second-order valence-corrected chi connectivity index (χ2v) is 5.62. The zero-order chi connectivity index (χ0) is 15.4. The number of ether oxygens (including phenoxy) is 1. The van der Waals surface area contributed by atoms with E-state index in [1.807, 2.05) is 37.8 Å². The van der Waals surface area contributed by atoms with Gasteiger partial charge in [-0.15, -0.1) is 0 Å². The highest BCUT2D eigenvalue weighted by Crippen LogP contribution is 2.22. The monoisotopic (exact) mass is 292 g/mol. The number of hydrogen-bond acceptors (Lipinski definition) is 4. The second-order valence-electron chi connectivity index (χ2n) is 5.62. The molecule has 1 aliphatic rings. The molecule has 2 rings (SSSR count). The van der Waals surface area contributed by atoms with Crippen molar-refractivity contribution in [3.05, 3.63) is 28.8 Å². The van der Waals surface area contributed by atoms with Crippen molar-refractivity contribution in [1.82, 2.24) is 10.2 Å². The number of aromatic hydroxyl groups is 1. The van der Waals surface area contributed by atoms with Gasteiger partial charge in [0.25, 0.3) is 0 Å².